The fourth-order valence-corrected chi connectivity index (χ4v) is 2.88. The highest BCUT2D eigenvalue weighted by Gasteiger charge is 2.31. The van der Waals surface area contributed by atoms with Crippen molar-refractivity contribution in [1.29, 1.82) is 0 Å². The van der Waals surface area contributed by atoms with Crippen molar-refractivity contribution in [2.45, 2.75) is 26.7 Å². The number of carboxylic acid groups (broad SMARTS) is 1. The smallest absolute Gasteiger partial charge is 0.308 e. The number of aliphatic carboxylic acids is 1. The van der Waals surface area contributed by atoms with Crippen LogP contribution in [0.2, 0.25) is 0 Å². The summed E-state index contributed by atoms with van der Waals surface area (Å²) >= 11 is 0. The highest BCUT2D eigenvalue weighted by Crippen LogP contribution is 2.22. The van der Waals surface area contributed by atoms with Crippen LogP contribution >= 0.6 is 0 Å². The van der Waals surface area contributed by atoms with Crippen LogP contribution in [0.4, 0.5) is 0 Å². The Bertz CT molecular complexity index is 579. The number of Topliss-reactive ketones (excluding diaryl/α,β-unsaturated/α-hetero) is 1. The van der Waals surface area contributed by atoms with Crippen LogP contribution in [0.25, 0.3) is 0 Å². The highest BCUT2D eigenvalue weighted by molar-refractivity contribution is 5.94. The van der Waals surface area contributed by atoms with Gasteiger partial charge in [0.15, 0.2) is 5.78 Å². The predicted molar refractivity (Wildman–Crippen MR) is 81.6 cm³/mol. The van der Waals surface area contributed by atoms with E-state index < -0.39 is 11.9 Å². The van der Waals surface area contributed by atoms with Gasteiger partial charge in [-0.3, -0.25) is 14.4 Å². The van der Waals surface area contributed by atoms with E-state index in [0.29, 0.717) is 18.5 Å². The molecule has 1 aliphatic rings. The number of hydrogen-bond donors (Lipinski definition) is 1. The van der Waals surface area contributed by atoms with E-state index in [0.717, 1.165) is 5.56 Å². The van der Waals surface area contributed by atoms with Crippen LogP contribution in [0.15, 0.2) is 24.3 Å². The number of hydrogen-bond acceptors (Lipinski definition) is 3. The lowest BCUT2D eigenvalue weighted by atomic mass is 9.90. The first-order valence-electron chi connectivity index (χ1n) is 7.47. The molecule has 1 aliphatic heterocycles. The molecule has 0 radical (unpaired) electrons. The lowest BCUT2D eigenvalue weighted by molar-refractivity contribution is -0.146. The van der Waals surface area contributed by atoms with E-state index in [-0.39, 0.29) is 30.6 Å². The molecule has 0 bridgehead atoms. The summed E-state index contributed by atoms with van der Waals surface area (Å²) in [4.78, 5) is 36.4. The molecule has 118 valence electrons. The predicted octanol–water partition coefficient (Wildman–Crippen LogP) is 2.00. The minimum atomic E-state index is -0.838. The summed E-state index contributed by atoms with van der Waals surface area (Å²) < 4.78 is 0. The standard InChI is InChI=1S/C17H21NO4/c1-11-7-15(17(21)22)10-18(9-11)16(20)8-13-3-5-14(6-4-13)12(2)19/h3-6,11,15H,7-10H2,1-2H3,(H,21,22). The summed E-state index contributed by atoms with van der Waals surface area (Å²) in [5.41, 5.74) is 1.45. The molecular formula is C17H21NO4. The number of amides is 1. The van der Waals surface area contributed by atoms with Gasteiger partial charge in [-0.1, -0.05) is 31.2 Å². The molecule has 22 heavy (non-hydrogen) atoms. The molecular weight excluding hydrogens is 282 g/mol. The summed E-state index contributed by atoms with van der Waals surface area (Å²) in [7, 11) is 0. The van der Waals surface area contributed by atoms with Gasteiger partial charge < -0.3 is 10.0 Å². The lowest BCUT2D eigenvalue weighted by Gasteiger charge is -2.34. The van der Waals surface area contributed by atoms with Crippen molar-refractivity contribution in [3.8, 4) is 0 Å². The van der Waals surface area contributed by atoms with Gasteiger partial charge in [0.2, 0.25) is 5.91 Å². The summed E-state index contributed by atoms with van der Waals surface area (Å²) in [5.74, 6) is -1.19. The number of carbonyl (C=O) groups is 3. The molecule has 5 nitrogen and oxygen atoms in total. The van der Waals surface area contributed by atoms with E-state index >= 15 is 0 Å². The Kier molecular flexibility index (Phi) is 4.96. The van der Waals surface area contributed by atoms with Gasteiger partial charge >= 0.3 is 5.97 Å². The summed E-state index contributed by atoms with van der Waals surface area (Å²) in [6.07, 6.45) is 0.851. The molecule has 1 saturated heterocycles. The van der Waals surface area contributed by atoms with Crippen molar-refractivity contribution in [3.05, 3.63) is 35.4 Å². The van der Waals surface area contributed by atoms with Crippen molar-refractivity contribution in [1.82, 2.24) is 4.90 Å². The quantitative estimate of drug-likeness (QED) is 0.863. The molecule has 1 heterocycles. The molecule has 1 amide bonds. The van der Waals surface area contributed by atoms with Crippen LogP contribution in [0, 0.1) is 11.8 Å². The third kappa shape index (κ3) is 3.93. The molecule has 1 fully saturated rings. The Morgan fingerprint density at radius 3 is 2.36 bits per heavy atom. The molecule has 0 aliphatic carbocycles. The number of benzene rings is 1. The summed E-state index contributed by atoms with van der Waals surface area (Å²) in [6.45, 7) is 4.36. The Morgan fingerprint density at radius 1 is 1.18 bits per heavy atom. The van der Waals surface area contributed by atoms with Gasteiger partial charge in [0.1, 0.15) is 0 Å². The highest BCUT2D eigenvalue weighted by atomic mass is 16.4. The SMILES string of the molecule is CC(=O)c1ccc(CC(=O)N2CC(C)CC(C(=O)O)C2)cc1. The van der Waals surface area contributed by atoms with E-state index in [1.807, 2.05) is 6.92 Å². The molecule has 1 aromatic rings. The van der Waals surface area contributed by atoms with Crippen molar-refractivity contribution in [3.63, 3.8) is 0 Å². The lowest BCUT2D eigenvalue weighted by Crippen LogP contribution is -2.46. The van der Waals surface area contributed by atoms with Crippen molar-refractivity contribution < 1.29 is 19.5 Å². The fraction of sp³-hybridized carbons (Fsp3) is 0.471. The number of nitrogens with zero attached hydrogens (tertiary/aromatic N) is 1. The first-order chi connectivity index (χ1) is 10.4. The Balaban J connectivity index is 2.01. The monoisotopic (exact) mass is 303 g/mol. The second-order valence-electron chi connectivity index (χ2n) is 6.10. The minimum Gasteiger partial charge on any atom is -0.481 e. The average Bonchev–Trinajstić information content (AvgIpc) is 2.47. The molecule has 1 N–H and O–H groups in total. The summed E-state index contributed by atoms with van der Waals surface area (Å²) in [5, 5.41) is 9.16. The van der Waals surface area contributed by atoms with Crippen molar-refractivity contribution in [2.24, 2.45) is 11.8 Å². The Hall–Kier alpha value is -2.17. The third-order valence-electron chi connectivity index (χ3n) is 4.08. The van der Waals surface area contributed by atoms with Gasteiger partial charge in [-0.2, -0.15) is 0 Å². The molecule has 0 aromatic heterocycles. The normalized spacial score (nSPS) is 21.5. The first kappa shape index (κ1) is 16.2. The largest absolute Gasteiger partial charge is 0.481 e. The number of carboxylic acids is 1. The van der Waals surface area contributed by atoms with Crippen molar-refractivity contribution >= 4 is 17.7 Å². The number of ketones is 1. The van der Waals surface area contributed by atoms with E-state index in [2.05, 4.69) is 0 Å². The summed E-state index contributed by atoms with van der Waals surface area (Å²) in [6, 6.07) is 6.97. The van der Waals surface area contributed by atoms with Crippen LogP contribution in [0.5, 0.6) is 0 Å². The average molecular weight is 303 g/mol. The maximum Gasteiger partial charge on any atom is 0.308 e. The van der Waals surface area contributed by atoms with E-state index in [9.17, 15) is 14.4 Å². The zero-order valence-corrected chi connectivity index (χ0v) is 12.9. The molecule has 1 aromatic carbocycles. The number of rotatable bonds is 4. The van der Waals surface area contributed by atoms with Crippen molar-refractivity contribution in [2.75, 3.05) is 13.1 Å². The molecule has 2 atom stereocenters. The number of likely N-dealkylation sites (tertiary alicyclic amines) is 1. The maximum atomic E-state index is 12.4. The van der Waals surface area contributed by atoms with Gasteiger partial charge in [0.05, 0.1) is 12.3 Å². The first-order valence-corrected chi connectivity index (χ1v) is 7.47. The van der Waals surface area contributed by atoms with Gasteiger partial charge in [-0.05, 0) is 24.8 Å². The van der Waals surface area contributed by atoms with Gasteiger partial charge in [0.25, 0.3) is 0 Å². The topological polar surface area (TPSA) is 74.7 Å². The third-order valence-corrected chi connectivity index (χ3v) is 4.08. The van der Waals surface area contributed by atoms with Gasteiger partial charge in [-0.25, -0.2) is 0 Å². The maximum absolute atomic E-state index is 12.4. The second kappa shape index (κ2) is 6.73. The number of carbonyl (C=O) groups excluding carboxylic acids is 2. The van der Waals surface area contributed by atoms with Crippen LogP contribution in [0.1, 0.15) is 36.2 Å². The van der Waals surface area contributed by atoms with Gasteiger partial charge in [-0.15, -0.1) is 0 Å². The second-order valence-corrected chi connectivity index (χ2v) is 6.10. The molecule has 2 rings (SSSR count). The Morgan fingerprint density at radius 2 is 1.82 bits per heavy atom. The molecule has 5 heteroatoms. The van der Waals surface area contributed by atoms with E-state index in [1.165, 1.54) is 6.92 Å². The van der Waals surface area contributed by atoms with Gasteiger partial charge in [0, 0.05) is 18.7 Å². The molecule has 0 spiro atoms. The Labute approximate surface area is 129 Å². The zero-order valence-electron chi connectivity index (χ0n) is 12.9. The van der Waals surface area contributed by atoms with Crippen LogP contribution in [-0.4, -0.2) is 40.8 Å². The zero-order chi connectivity index (χ0) is 16.3. The van der Waals surface area contributed by atoms with E-state index in [1.54, 1.807) is 29.2 Å². The number of piperidine rings is 1. The van der Waals surface area contributed by atoms with Crippen LogP contribution in [0.3, 0.4) is 0 Å². The van der Waals surface area contributed by atoms with Crippen LogP contribution in [-0.2, 0) is 16.0 Å². The fourth-order valence-electron chi connectivity index (χ4n) is 2.88. The van der Waals surface area contributed by atoms with E-state index in [4.69, 9.17) is 5.11 Å². The minimum absolute atomic E-state index is 0.00738. The molecule has 2 unspecified atom stereocenters. The molecule has 0 saturated carbocycles. The van der Waals surface area contributed by atoms with Crippen LogP contribution < -0.4 is 0 Å².